The summed E-state index contributed by atoms with van der Waals surface area (Å²) in [6, 6.07) is 57.6. The van der Waals surface area contributed by atoms with E-state index in [2.05, 4.69) is 167 Å². The van der Waals surface area contributed by atoms with Crippen LogP contribution < -0.4 is 0 Å². The van der Waals surface area contributed by atoms with Crippen molar-refractivity contribution >= 4 is 75.1 Å². The monoisotopic (exact) mass is 590 g/mol. The highest BCUT2D eigenvalue weighted by Crippen LogP contribution is 2.43. The van der Waals surface area contributed by atoms with Gasteiger partial charge in [-0.2, -0.15) is 0 Å². The van der Waals surface area contributed by atoms with Gasteiger partial charge in [0, 0.05) is 53.1 Å². The van der Waals surface area contributed by atoms with Gasteiger partial charge < -0.3 is 9.13 Å². The van der Waals surface area contributed by atoms with Gasteiger partial charge in [-0.15, -0.1) is 11.3 Å². The van der Waals surface area contributed by atoms with Crippen LogP contribution in [0.2, 0.25) is 0 Å². The summed E-state index contributed by atoms with van der Waals surface area (Å²) in [5, 5.41) is 7.73. The average molecular weight is 591 g/mol. The Bertz CT molecular complexity index is 2740. The topological polar surface area (TPSA) is 9.86 Å². The molecule has 0 saturated carbocycles. The van der Waals surface area contributed by atoms with E-state index in [0.717, 1.165) is 0 Å². The Morgan fingerprint density at radius 1 is 0.356 bits per heavy atom. The molecule has 45 heavy (non-hydrogen) atoms. The maximum absolute atomic E-state index is 2.43. The molecule has 0 aliphatic heterocycles. The molecule has 0 spiro atoms. The van der Waals surface area contributed by atoms with Crippen molar-refractivity contribution in [2.45, 2.75) is 0 Å². The van der Waals surface area contributed by atoms with Gasteiger partial charge in [-0.3, -0.25) is 0 Å². The molecule has 0 fully saturated rings. The minimum absolute atomic E-state index is 1.17. The van der Waals surface area contributed by atoms with Gasteiger partial charge in [0.25, 0.3) is 0 Å². The van der Waals surface area contributed by atoms with Gasteiger partial charge in [-0.05, 0) is 71.8 Å². The first-order chi connectivity index (χ1) is 22.3. The largest absolute Gasteiger partial charge is 0.309 e. The van der Waals surface area contributed by atoms with Gasteiger partial charge in [-0.25, -0.2) is 0 Å². The Morgan fingerprint density at radius 2 is 0.933 bits per heavy atom. The molecule has 0 atom stereocenters. The molecule has 0 unspecified atom stereocenters. The van der Waals surface area contributed by atoms with Crippen molar-refractivity contribution in [1.82, 2.24) is 9.13 Å². The first-order valence-corrected chi connectivity index (χ1v) is 16.2. The zero-order chi connectivity index (χ0) is 29.5. The van der Waals surface area contributed by atoms with E-state index < -0.39 is 0 Å². The molecule has 7 aromatic carbocycles. The highest BCUT2D eigenvalue weighted by molar-refractivity contribution is 7.26. The SMILES string of the molecule is c1ccc(-n2c3ccccc3c3cc4c5cc(-c6cccc7c6sc6ccccc67)ccc5n(-c5ccccc5)c4cc32)cc1. The van der Waals surface area contributed by atoms with Crippen molar-refractivity contribution in [3.63, 3.8) is 0 Å². The summed E-state index contributed by atoms with van der Waals surface area (Å²) in [6.07, 6.45) is 0. The smallest absolute Gasteiger partial charge is 0.0562 e. The van der Waals surface area contributed by atoms with Crippen LogP contribution in [-0.4, -0.2) is 9.13 Å². The van der Waals surface area contributed by atoms with Gasteiger partial charge in [0.2, 0.25) is 0 Å². The molecule has 0 saturated heterocycles. The average Bonchev–Trinajstić information content (AvgIpc) is 3.75. The molecule has 3 heterocycles. The molecule has 2 nitrogen and oxygen atoms in total. The fraction of sp³-hybridized carbons (Fsp3) is 0. The molecular weight excluding hydrogens is 565 g/mol. The molecule has 0 aliphatic rings. The fourth-order valence-electron chi connectivity index (χ4n) is 7.33. The Labute approximate surface area is 263 Å². The maximum atomic E-state index is 2.43. The molecule has 10 aromatic rings. The van der Waals surface area contributed by atoms with Crippen LogP contribution in [0.15, 0.2) is 158 Å². The number of para-hydroxylation sites is 3. The summed E-state index contributed by atoms with van der Waals surface area (Å²) < 4.78 is 7.52. The quantitative estimate of drug-likeness (QED) is 0.194. The molecule has 0 amide bonds. The van der Waals surface area contributed by atoms with Gasteiger partial charge in [0.05, 0.1) is 22.1 Å². The van der Waals surface area contributed by atoms with Crippen molar-refractivity contribution in [3.05, 3.63) is 158 Å². The third-order valence-electron chi connectivity index (χ3n) is 9.30. The molecule has 3 heteroatoms. The van der Waals surface area contributed by atoms with Gasteiger partial charge >= 0.3 is 0 Å². The third-order valence-corrected chi connectivity index (χ3v) is 10.5. The summed E-state index contributed by atoms with van der Waals surface area (Å²) >= 11 is 1.89. The van der Waals surface area contributed by atoms with Crippen molar-refractivity contribution in [2.75, 3.05) is 0 Å². The summed E-state index contributed by atoms with van der Waals surface area (Å²) in [6.45, 7) is 0. The number of hydrogen-bond acceptors (Lipinski definition) is 1. The number of hydrogen-bond donors (Lipinski definition) is 0. The van der Waals surface area contributed by atoms with Crippen molar-refractivity contribution in [2.24, 2.45) is 0 Å². The van der Waals surface area contributed by atoms with E-state index in [9.17, 15) is 0 Å². The van der Waals surface area contributed by atoms with E-state index in [1.807, 2.05) is 11.3 Å². The molecule has 0 radical (unpaired) electrons. The first kappa shape index (κ1) is 24.8. The van der Waals surface area contributed by atoms with E-state index in [1.54, 1.807) is 0 Å². The fourth-order valence-corrected chi connectivity index (χ4v) is 8.57. The highest BCUT2D eigenvalue weighted by Gasteiger charge is 2.19. The first-order valence-electron chi connectivity index (χ1n) is 15.4. The number of thiophene rings is 1. The van der Waals surface area contributed by atoms with Crippen LogP contribution in [0.4, 0.5) is 0 Å². The normalized spacial score (nSPS) is 12.0. The van der Waals surface area contributed by atoms with Crippen molar-refractivity contribution < 1.29 is 0 Å². The summed E-state index contributed by atoms with van der Waals surface area (Å²) in [5.74, 6) is 0. The molecule has 10 rings (SSSR count). The molecule has 0 bridgehead atoms. The van der Waals surface area contributed by atoms with Crippen molar-refractivity contribution in [1.29, 1.82) is 0 Å². The second kappa shape index (κ2) is 9.43. The number of fused-ring (bicyclic) bond motifs is 9. The standard InChI is InChI=1S/C42H26N2S/c1-3-12-28(13-4-1)43-37-20-9-7-16-31(37)35-25-36-34-24-27(30-18-11-19-33-32-17-8-10-21-41(32)45-42(30)33)22-23-38(34)44(40(36)26-39(35)43)29-14-5-2-6-15-29/h1-26H. The third kappa shape index (κ3) is 3.56. The summed E-state index contributed by atoms with van der Waals surface area (Å²) in [5.41, 5.74) is 9.73. The maximum Gasteiger partial charge on any atom is 0.0562 e. The highest BCUT2D eigenvalue weighted by atomic mass is 32.1. The van der Waals surface area contributed by atoms with Crippen LogP contribution in [0.25, 0.3) is 86.3 Å². The van der Waals surface area contributed by atoms with Crippen LogP contribution in [0.1, 0.15) is 0 Å². The van der Waals surface area contributed by atoms with E-state index in [0.29, 0.717) is 0 Å². The zero-order valence-corrected chi connectivity index (χ0v) is 25.1. The van der Waals surface area contributed by atoms with Crippen LogP contribution in [0, 0.1) is 0 Å². The minimum atomic E-state index is 1.17. The number of rotatable bonds is 3. The predicted octanol–water partition coefficient (Wildman–Crippen LogP) is 11.9. The van der Waals surface area contributed by atoms with Crippen molar-refractivity contribution in [3.8, 4) is 22.5 Å². The number of aromatic nitrogens is 2. The number of benzene rings is 7. The van der Waals surface area contributed by atoms with Gasteiger partial charge in [0.15, 0.2) is 0 Å². The second-order valence-electron chi connectivity index (χ2n) is 11.8. The lowest BCUT2D eigenvalue weighted by molar-refractivity contribution is 1.16. The van der Waals surface area contributed by atoms with Crippen LogP contribution in [-0.2, 0) is 0 Å². The summed E-state index contributed by atoms with van der Waals surface area (Å²) in [4.78, 5) is 0. The molecule has 210 valence electrons. The molecule has 3 aromatic heterocycles. The van der Waals surface area contributed by atoms with E-state index in [-0.39, 0.29) is 0 Å². The zero-order valence-electron chi connectivity index (χ0n) is 24.3. The Kier molecular flexibility index (Phi) is 5.19. The number of nitrogens with zero attached hydrogens (tertiary/aromatic N) is 2. The Balaban J connectivity index is 1.32. The molecule has 0 N–H and O–H groups in total. The Morgan fingerprint density at radius 3 is 1.69 bits per heavy atom. The van der Waals surface area contributed by atoms with E-state index in [1.165, 1.54) is 86.3 Å². The van der Waals surface area contributed by atoms with Crippen LogP contribution >= 0.6 is 11.3 Å². The minimum Gasteiger partial charge on any atom is -0.309 e. The Hall–Kier alpha value is -5.64. The second-order valence-corrected chi connectivity index (χ2v) is 12.8. The van der Waals surface area contributed by atoms with Gasteiger partial charge in [-0.1, -0.05) is 97.1 Å². The predicted molar refractivity (Wildman–Crippen MR) is 193 cm³/mol. The van der Waals surface area contributed by atoms with E-state index in [4.69, 9.17) is 0 Å². The summed E-state index contributed by atoms with van der Waals surface area (Å²) in [7, 11) is 0. The molecule has 0 aliphatic carbocycles. The van der Waals surface area contributed by atoms with E-state index >= 15 is 0 Å². The molecular formula is C42H26N2S. The lowest BCUT2D eigenvalue weighted by Gasteiger charge is -2.10. The van der Waals surface area contributed by atoms with Gasteiger partial charge in [0.1, 0.15) is 0 Å². The van der Waals surface area contributed by atoms with Crippen LogP contribution in [0.5, 0.6) is 0 Å². The van der Waals surface area contributed by atoms with Crippen LogP contribution in [0.3, 0.4) is 0 Å². The lowest BCUT2D eigenvalue weighted by atomic mass is 10.00. The lowest BCUT2D eigenvalue weighted by Crippen LogP contribution is -1.95.